The molecule has 104 valence electrons. The van der Waals surface area contributed by atoms with Gasteiger partial charge in [0.25, 0.3) is 0 Å². The number of rotatable bonds is 4. The molecule has 0 saturated carbocycles. The molecular formula is C16H18ClN3. The van der Waals surface area contributed by atoms with Gasteiger partial charge < -0.3 is 10.6 Å². The number of anilines is 1. The first-order valence-electron chi connectivity index (χ1n) is 6.38. The number of hydrogen-bond acceptors (Lipinski definition) is 2. The summed E-state index contributed by atoms with van der Waals surface area (Å²) in [6.45, 7) is 2.74. The minimum atomic E-state index is 0.0814. The van der Waals surface area contributed by atoms with Crippen molar-refractivity contribution < 1.29 is 0 Å². The predicted octanol–water partition coefficient (Wildman–Crippen LogP) is 3.57. The van der Waals surface area contributed by atoms with Crippen molar-refractivity contribution in [3.05, 3.63) is 64.2 Å². The van der Waals surface area contributed by atoms with Gasteiger partial charge in [-0.2, -0.15) is 0 Å². The molecule has 3 nitrogen and oxygen atoms in total. The van der Waals surface area contributed by atoms with E-state index in [9.17, 15) is 0 Å². The molecule has 0 amide bonds. The maximum atomic E-state index is 7.68. The van der Waals surface area contributed by atoms with Crippen molar-refractivity contribution in [2.45, 2.75) is 13.5 Å². The lowest BCUT2D eigenvalue weighted by atomic mass is 10.1. The summed E-state index contributed by atoms with van der Waals surface area (Å²) in [5.41, 5.74) is 9.62. The first-order valence-corrected chi connectivity index (χ1v) is 6.76. The van der Waals surface area contributed by atoms with Crippen LogP contribution in [0.1, 0.15) is 16.7 Å². The highest BCUT2D eigenvalue weighted by Crippen LogP contribution is 2.23. The average Bonchev–Trinajstić information content (AvgIpc) is 2.38. The normalized spacial score (nSPS) is 10.3. The molecule has 0 bridgehead atoms. The molecule has 4 heteroatoms. The Balaban J connectivity index is 2.31. The van der Waals surface area contributed by atoms with Gasteiger partial charge in [-0.05, 0) is 42.3 Å². The predicted molar refractivity (Wildman–Crippen MR) is 85.8 cm³/mol. The van der Waals surface area contributed by atoms with Gasteiger partial charge in [0.05, 0.1) is 0 Å². The lowest BCUT2D eigenvalue weighted by molar-refractivity contribution is 0.920. The molecule has 0 aliphatic carbocycles. The van der Waals surface area contributed by atoms with Gasteiger partial charge in [-0.25, -0.2) is 0 Å². The van der Waals surface area contributed by atoms with Gasteiger partial charge in [-0.1, -0.05) is 29.8 Å². The monoisotopic (exact) mass is 287 g/mol. The Hall–Kier alpha value is -2.00. The Kier molecular flexibility index (Phi) is 4.30. The van der Waals surface area contributed by atoms with Crippen molar-refractivity contribution in [2.24, 2.45) is 5.73 Å². The second-order valence-corrected chi connectivity index (χ2v) is 5.36. The van der Waals surface area contributed by atoms with E-state index >= 15 is 0 Å². The minimum Gasteiger partial charge on any atom is -0.384 e. The fraction of sp³-hybridized carbons (Fsp3) is 0.188. The Morgan fingerprint density at radius 3 is 2.65 bits per heavy atom. The topological polar surface area (TPSA) is 53.1 Å². The smallest absolute Gasteiger partial charge is 0.124 e. The van der Waals surface area contributed by atoms with E-state index in [4.69, 9.17) is 22.7 Å². The van der Waals surface area contributed by atoms with Crippen LogP contribution in [0.4, 0.5) is 5.69 Å². The highest BCUT2D eigenvalue weighted by molar-refractivity contribution is 6.30. The molecule has 20 heavy (non-hydrogen) atoms. The first-order chi connectivity index (χ1) is 9.47. The van der Waals surface area contributed by atoms with Gasteiger partial charge in [0.15, 0.2) is 0 Å². The number of nitrogens with one attached hydrogen (secondary N) is 1. The lowest BCUT2D eigenvalue weighted by Crippen LogP contribution is -2.22. The fourth-order valence-corrected chi connectivity index (χ4v) is 2.39. The molecule has 2 aromatic rings. The molecule has 0 aliphatic rings. The highest BCUT2D eigenvalue weighted by atomic mass is 35.5. The van der Waals surface area contributed by atoms with Crippen LogP contribution in [0.5, 0.6) is 0 Å². The summed E-state index contributed by atoms with van der Waals surface area (Å²) in [4.78, 5) is 2.08. The zero-order valence-corrected chi connectivity index (χ0v) is 12.4. The van der Waals surface area contributed by atoms with Crippen molar-refractivity contribution in [1.29, 1.82) is 5.41 Å². The number of nitrogens with two attached hydrogens (primary N) is 1. The van der Waals surface area contributed by atoms with Crippen LogP contribution >= 0.6 is 11.6 Å². The van der Waals surface area contributed by atoms with E-state index in [2.05, 4.69) is 4.90 Å². The molecule has 0 atom stereocenters. The van der Waals surface area contributed by atoms with E-state index in [1.54, 1.807) is 0 Å². The minimum absolute atomic E-state index is 0.0814. The van der Waals surface area contributed by atoms with Crippen LogP contribution in [-0.4, -0.2) is 12.9 Å². The van der Waals surface area contributed by atoms with Gasteiger partial charge in [0.2, 0.25) is 0 Å². The van der Waals surface area contributed by atoms with E-state index in [0.29, 0.717) is 6.54 Å². The molecule has 0 radical (unpaired) electrons. The summed E-state index contributed by atoms with van der Waals surface area (Å²) in [6.07, 6.45) is 0. The Morgan fingerprint density at radius 1 is 1.25 bits per heavy atom. The summed E-state index contributed by atoms with van der Waals surface area (Å²) in [6, 6.07) is 13.7. The summed E-state index contributed by atoms with van der Waals surface area (Å²) in [5.74, 6) is 0.0814. The summed E-state index contributed by atoms with van der Waals surface area (Å²) >= 11 is 6.01. The molecule has 0 spiro atoms. The quantitative estimate of drug-likeness (QED) is 0.667. The van der Waals surface area contributed by atoms with Crippen LogP contribution in [0.2, 0.25) is 5.02 Å². The molecule has 0 saturated heterocycles. The first kappa shape index (κ1) is 14.4. The van der Waals surface area contributed by atoms with Gasteiger partial charge in [-0.3, -0.25) is 5.41 Å². The third-order valence-corrected chi connectivity index (χ3v) is 3.40. The molecule has 2 rings (SSSR count). The molecule has 0 fully saturated rings. The number of nitrogens with zero attached hydrogens (tertiary/aromatic N) is 1. The number of halogens is 1. The average molecular weight is 288 g/mol. The van der Waals surface area contributed by atoms with Crippen molar-refractivity contribution in [1.82, 2.24) is 0 Å². The Labute approximate surface area is 124 Å². The molecule has 2 aromatic carbocycles. The maximum absolute atomic E-state index is 7.68. The van der Waals surface area contributed by atoms with Crippen molar-refractivity contribution in [3.8, 4) is 0 Å². The maximum Gasteiger partial charge on any atom is 0.124 e. The van der Waals surface area contributed by atoms with E-state index in [0.717, 1.165) is 27.4 Å². The zero-order valence-electron chi connectivity index (χ0n) is 11.7. The van der Waals surface area contributed by atoms with Crippen LogP contribution in [-0.2, 0) is 6.54 Å². The summed E-state index contributed by atoms with van der Waals surface area (Å²) in [5, 5.41) is 8.41. The van der Waals surface area contributed by atoms with E-state index in [1.807, 2.05) is 56.4 Å². The van der Waals surface area contributed by atoms with Gasteiger partial charge in [0.1, 0.15) is 5.84 Å². The van der Waals surface area contributed by atoms with E-state index in [1.165, 1.54) is 0 Å². The Bertz CT molecular complexity index is 637. The van der Waals surface area contributed by atoms with E-state index < -0.39 is 0 Å². The number of hydrogen-bond donors (Lipinski definition) is 2. The second-order valence-electron chi connectivity index (χ2n) is 4.92. The fourth-order valence-electron chi connectivity index (χ4n) is 2.18. The number of benzene rings is 2. The molecule has 0 unspecified atom stereocenters. The van der Waals surface area contributed by atoms with Crippen LogP contribution in [0.25, 0.3) is 0 Å². The van der Waals surface area contributed by atoms with Gasteiger partial charge >= 0.3 is 0 Å². The number of aryl methyl sites for hydroxylation is 1. The zero-order chi connectivity index (χ0) is 14.7. The van der Waals surface area contributed by atoms with Gasteiger partial charge in [0, 0.05) is 29.9 Å². The van der Waals surface area contributed by atoms with Gasteiger partial charge in [-0.15, -0.1) is 0 Å². The largest absolute Gasteiger partial charge is 0.384 e. The molecule has 0 aromatic heterocycles. The SMILES string of the molecule is Cc1ccc(C(=N)N)c(N(C)Cc2cccc(Cl)c2)c1. The van der Waals surface area contributed by atoms with E-state index in [-0.39, 0.29) is 5.84 Å². The summed E-state index contributed by atoms with van der Waals surface area (Å²) in [7, 11) is 1.99. The third kappa shape index (κ3) is 3.31. The number of amidine groups is 1. The van der Waals surface area contributed by atoms with Crippen LogP contribution in [0, 0.1) is 12.3 Å². The molecule has 0 aliphatic heterocycles. The molecule has 0 heterocycles. The standard InChI is InChI=1S/C16H18ClN3/c1-11-6-7-14(16(18)19)15(8-11)20(2)10-12-4-3-5-13(17)9-12/h3-9H,10H2,1-2H3,(H3,18,19). The third-order valence-electron chi connectivity index (χ3n) is 3.16. The number of nitrogen functional groups attached to an aromatic ring is 1. The lowest BCUT2D eigenvalue weighted by Gasteiger charge is -2.23. The summed E-state index contributed by atoms with van der Waals surface area (Å²) < 4.78 is 0. The highest BCUT2D eigenvalue weighted by Gasteiger charge is 2.10. The van der Waals surface area contributed by atoms with Crippen LogP contribution in [0.3, 0.4) is 0 Å². The molecule has 3 N–H and O–H groups in total. The second kappa shape index (κ2) is 5.97. The molecular weight excluding hydrogens is 270 g/mol. The van der Waals surface area contributed by atoms with Crippen LogP contribution in [0.15, 0.2) is 42.5 Å². The van der Waals surface area contributed by atoms with Crippen LogP contribution < -0.4 is 10.6 Å². The van der Waals surface area contributed by atoms with Crippen molar-refractivity contribution in [3.63, 3.8) is 0 Å². The van der Waals surface area contributed by atoms with Crippen molar-refractivity contribution >= 4 is 23.1 Å². The Morgan fingerprint density at radius 2 is 2.00 bits per heavy atom. The van der Waals surface area contributed by atoms with Crippen molar-refractivity contribution in [2.75, 3.05) is 11.9 Å².